The van der Waals surface area contributed by atoms with Crippen molar-refractivity contribution >= 4 is 0 Å². The molecule has 1 N–H and O–H groups in total. The fraction of sp³-hybridized carbons (Fsp3) is 0.750. The predicted molar refractivity (Wildman–Crippen MR) is 67.3 cm³/mol. The molecule has 1 rings (SSSR count). The first kappa shape index (κ1) is 13.2. The average Bonchev–Trinajstić information content (AvgIpc) is 2.70. The van der Waals surface area contributed by atoms with Crippen molar-refractivity contribution in [3.8, 4) is 0 Å². The van der Waals surface area contributed by atoms with Crippen LogP contribution in [0.25, 0.3) is 0 Å². The molecule has 0 aliphatic heterocycles. The second-order valence-electron chi connectivity index (χ2n) is 4.00. The van der Waals surface area contributed by atoms with E-state index in [2.05, 4.69) is 35.2 Å². The molecule has 0 saturated heterocycles. The molecule has 1 aromatic heterocycles. The van der Waals surface area contributed by atoms with Crippen molar-refractivity contribution in [1.29, 1.82) is 0 Å². The van der Waals surface area contributed by atoms with Crippen molar-refractivity contribution in [3.05, 3.63) is 18.0 Å². The molecule has 0 aliphatic rings. The summed E-state index contributed by atoms with van der Waals surface area (Å²) in [6.07, 6.45) is 3.05. The summed E-state index contributed by atoms with van der Waals surface area (Å²) in [5, 5.41) is 7.58. The summed E-state index contributed by atoms with van der Waals surface area (Å²) >= 11 is 0. The van der Waals surface area contributed by atoms with Crippen LogP contribution in [-0.4, -0.2) is 40.9 Å². The Hall–Kier alpha value is -0.870. The van der Waals surface area contributed by atoms with Gasteiger partial charge in [0.15, 0.2) is 0 Å². The van der Waals surface area contributed by atoms with Gasteiger partial charge in [0.1, 0.15) is 0 Å². The number of nitrogens with one attached hydrogen (secondary N) is 1. The Labute approximate surface area is 98.6 Å². The van der Waals surface area contributed by atoms with E-state index in [1.165, 1.54) is 18.7 Å². The Morgan fingerprint density at radius 2 is 2.12 bits per heavy atom. The lowest BCUT2D eigenvalue weighted by Gasteiger charge is -2.17. The maximum Gasteiger partial charge on any atom is 0.0518 e. The quantitative estimate of drug-likeness (QED) is 0.675. The van der Waals surface area contributed by atoms with Gasteiger partial charge in [0.05, 0.1) is 5.69 Å². The SMILES string of the molecule is CCN(CC)CCCNCc1ccnn1C. The van der Waals surface area contributed by atoms with Gasteiger partial charge in [-0.1, -0.05) is 13.8 Å². The molecule has 92 valence electrons. The Balaban J connectivity index is 2.06. The molecule has 4 heteroatoms. The van der Waals surface area contributed by atoms with E-state index in [-0.39, 0.29) is 0 Å². The fourth-order valence-corrected chi connectivity index (χ4v) is 1.76. The second-order valence-corrected chi connectivity index (χ2v) is 4.00. The smallest absolute Gasteiger partial charge is 0.0518 e. The molecule has 0 atom stereocenters. The summed E-state index contributed by atoms with van der Waals surface area (Å²) in [4.78, 5) is 2.45. The second kappa shape index (κ2) is 7.41. The zero-order chi connectivity index (χ0) is 11.8. The third-order valence-electron chi connectivity index (χ3n) is 2.95. The van der Waals surface area contributed by atoms with Gasteiger partial charge in [0, 0.05) is 19.8 Å². The van der Waals surface area contributed by atoms with Crippen molar-refractivity contribution in [3.63, 3.8) is 0 Å². The monoisotopic (exact) mass is 224 g/mol. The highest BCUT2D eigenvalue weighted by atomic mass is 15.3. The lowest BCUT2D eigenvalue weighted by molar-refractivity contribution is 0.297. The summed E-state index contributed by atoms with van der Waals surface area (Å²) in [7, 11) is 1.98. The molecule has 4 nitrogen and oxygen atoms in total. The maximum atomic E-state index is 4.14. The Morgan fingerprint density at radius 3 is 2.69 bits per heavy atom. The number of rotatable bonds is 8. The van der Waals surface area contributed by atoms with Crippen molar-refractivity contribution in [1.82, 2.24) is 20.0 Å². The largest absolute Gasteiger partial charge is 0.311 e. The Bertz CT molecular complexity index is 278. The minimum Gasteiger partial charge on any atom is -0.311 e. The van der Waals surface area contributed by atoms with E-state index in [1.54, 1.807) is 0 Å². The van der Waals surface area contributed by atoms with Gasteiger partial charge in [-0.3, -0.25) is 4.68 Å². The Kier molecular flexibility index (Phi) is 6.11. The van der Waals surface area contributed by atoms with Gasteiger partial charge in [-0.2, -0.15) is 5.10 Å². The lowest BCUT2D eigenvalue weighted by Crippen LogP contribution is -2.27. The summed E-state index contributed by atoms with van der Waals surface area (Å²) in [6.45, 7) is 9.90. The normalized spacial score (nSPS) is 11.2. The molecule has 0 aliphatic carbocycles. The third-order valence-corrected chi connectivity index (χ3v) is 2.95. The van der Waals surface area contributed by atoms with Crippen molar-refractivity contribution < 1.29 is 0 Å². The van der Waals surface area contributed by atoms with E-state index >= 15 is 0 Å². The van der Waals surface area contributed by atoms with Crippen LogP contribution in [-0.2, 0) is 13.6 Å². The highest BCUT2D eigenvalue weighted by molar-refractivity contribution is 4.98. The summed E-state index contributed by atoms with van der Waals surface area (Å²) in [6, 6.07) is 2.05. The maximum absolute atomic E-state index is 4.14. The van der Waals surface area contributed by atoms with Crippen LogP contribution in [0.5, 0.6) is 0 Å². The van der Waals surface area contributed by atoms with Crippen LogP contribution in [0, 0.1) is 0 Å². The highest BCUT2D eigenvalue weighted by Gasteiger charge is 1.99. The number of aryl methyl sites for hydroxylation is 1. The first-order valence-corrected chi connectivity index (χ1v) is 6.17. The van der Waals surface area contributed by atoms with Gasteiger partial charge in [-0.05, 0) is 38.7 Å². The molecule has 0 aromatic carbocycles. The number of aromatic nitrogens is 2. The third kappa shape index (κ3) is 4.33. The van der Waals surface area contributed by atoms with Gasteiger partial charge >= 0.3 is 0 Å². The number of hydrogen-bond acceptors (Lipinski definition) is 3. The molecular weight excluding hydrogens is 200 g/mol. The standard InChI is InChI=1S/C12H24N4/c1-4-16(5-2)10-6-8-13-11-12-7-9-14-15(12)3/h7,9,13H,4-6,8,10-11H2,1-3H3. The average molecular weight is 224 g/mol. The lowest BCUT2D eigenvalue weighted by atomic mass is 10.3. The zero-order valence-corrected chi connectivity index (χ0v) is 10.7. The van der Waals surface area contributed by atoms with Crippen LogP contribution in [0.1, 0.15) is 26.0 Å². The van der Waals surface area contributed by atoms with Gasteiger partial charge in [0.2, 0.25) is 0 Å². The van der Waals surface area contributed by atoms with E-state index in [4.69, 9.17) is 0 Å². The van der Waals surface area contributed by atoms with Crippen LogP contribution >= 0.6 is 0 Å². The zero-order valence-electron chi connectivity index (χ0n) is 10.7. The number of nitrogens with zero attached hydrogens (tertiary/aromatic N) is 3. The van der Waals surface area contributed by atoms with E-state index < -0.39 is 0 Å². The summed E-state index contributed by atoms with van der Waals surface area (Å²) < 4.78 is 1.91. The molecule has 0 saturated carbocycles. The van der Waals surface area contributed by atoms with Crippen molar-refractivity contribution in [2.45, 2.75) is 26.8 Å². The van der Waals surface area contributed by atoms with Crippen LogP contribution in [0.3, 0.4) is 0 Å². The molecule has 16 heavy (non-hydrogen) atoms. The first-order valence-electron chi connectivity index (χ1n) is 6.17. The molecule has 0 spiro atoms. The van der Waals surface area contributed by atoms with Gasteiger partial charge < -0.3 is 10.2 Å². The van der Waals surface area contributed by atoms with E-state index in [1.807, 2.05) is 17.9 Å². The molecular formula is C12H24N4. The van der Waals surface area contributed by atoms with Crippen LogP contribution in [0.2, 0.25) is 0 Å². The molecule has 1 heterocycles. The van der Waals surface area contributed by atoms with Crippen molar-refractivity contribution in [2.24, 2.45) is 7.05 Å². The van der Waals surface area contributed by atoms with E-state index in [0.29, 0.717) is 0 Å². The minimum absolute atomic E-state index is 0.911. The van der Waals surface area contributed by atoms with Crippen molar-refractivity contribution in [2.75, 3.05) is 26.2 Å². The molecule has 0 radical (unpaired) electrons. The van der Waals surface area contributed by atoms with Crippen LogP contribution < -0.4 is 5.32 Å². The molecule has 0 amide bonds. The predicted octanol–water partition coefficient (Wildman–Crippen LogP) is 1.24. The topological polar surface area (TPSA) is 33.1 Å². The fourth-order valence-electron chi connectivity index (χ4n) is 1.76. The van der Waals surface area contributed by atoms with E-state index in [0.717, 1.165) is 26.2 Å². The van der Waals surface area contributed by atoms with Gasteiger partial charge in [-0.25, -0.2) is 0 Å². The number of hydrogen-bond donors (Lipinski definition) is 1. The first-order chi connectivity index (χ1) is 7.77. The van der Waals surface area contributed by atoms with Gasteiger partial charge in [0.25, 0.3) is 0 Å². The van der Waals surface area contributed by atoms with Gasteiger partial charge in [-0.15, -0.1) is 0 Å². The minimum atomic E-state index is 0.911. The van der Waals surface area contributed by atoms with Crippen LogP contribution in [0.4, 0.5) is 0 Å². The van der Waals surface area contributed by atoms with E-state index in [9.17, 15) is 0 Å². The molecule has 0 unspecified atom stereocenters. The Morgan fingerprint density at radius 1 is 1.38 bits per heavy atom. The molecule has 0 fully saturated rings. The molecule has 0 bridgehead atoms. The summed E-state index contributed by atoms with van der Waals surface area (Å²) in [5.74, 6) is 0. The molecule has 1 aromatic rings. The highest BCUT2D eigenvalue weighted by Crippen LogP contribution is 1.95. The van der Waals surface area contributed by atoms with Crippen LogP contribution in [0.15, 0.2) is 12.3 Å². The summed E-state index contributed by atoms with van der Waals surface area (Å²) in [5.41, 5.74) is 1.24.